The van der Waals surface area contributed by atoms with Crippen LogP contribution in [0, 0.1) is 40.4 Å². The van der Waals surface area contributed by atoms with E-state index in [2.05, 4.69) is 13.0 Å². The summed E-state index contributed by atoms with van der Waals surface area (Å²) in [4.78, 5) is 24.7. The highest BCUT2D eigenvalue weighted by Gasteiger charge is 2.57. The number of rotatable bonds is 3. The molecule has 0 aromatic heterocycles. The molecule has 3 fully saturated rings. The van der Waals surface area contributed by atoms with Crippen molar-refractivity contribution in [3.05, 3.63) is 0 Å². The molecule has 3 nitrogen and oxygen atoms in total. The second-order valence-electron chi connectivity index (χ2n) is 7.25. The quantitative estimate of drug-likeness (QED) is 0.795. The molecular weight excluding hydrogens is 262 g/mol. The van der Waals surface area contributed by atoms with Crippen molar-refractivity contribution in [1.29, 1.82) is 5.26 Å². The van der Waals surface area contributed by atoms with E-state index < -0.39 is 0 Å². The summed E-state index contributed by atoms with van der Waals surface area (Å²) in [6.07, 6.45) is 7.61. The van der Waals surface area contributed by atoms with Crippen LogP contribution < -0.4 is 0 Å². The lowest BCUT2D eigenvalue weighted by Gasteiger charge is -2.51. The third kappa shape index (κ3) is 2.15. The molecule has 3 aliphatic rings. The van der Waals surface area contributed by atoms with E-state index in [1.165, 1.54) is 0 Å². The van der Waals surface area contributed by atoms with Gasteiger partial charge < -0.3 is 0 Å². The van der Waals surface area contributed by atoms with Crippen molar-refractivity contribution in [3.8, 4) is 6.07 Å². The van der Waals surface area contributed by atoms with Gasteiger partial charge in [-0.15, -0.1) is 0 Å². The number of nitrogens with zero attached hydrogens (tertiary/aromatic N) is 1. The molecule has 0 amide bonds. The van der Waals surface area contributed by atoms with Gasteiger partial charge >= 0.3 is 0 Å². The van der Waals surface area contributed by atoms with Crippen molar-refractivity contribution >= 4 is 11.6 Å². The summed E-state index contributed by atoms with van der Waals surface area (Å²) >= 11 is 0. The zero-order valence-electron chi connectivity index (χ0n) is 12.9. The van der Waals surface area contributed by atoms with Crippen LogP contribution in [0.2, 0.25) is 0 Å². The summed E-state index contributed by atoms with van der Waals surface area (Å²) in [5.41, 5.74) is -0.0681. The van der Waals surface area contributed by atoms with Crippen LogP contribution in [0.15, 0.2) is 0 Å². The van der Waals surface area contributed by atoms with Crippen molar-refractivity contribution in [2.75, 3.05) is 0 Å². The highest BCUT2D eigenvalue weighted by Crippen LogP contribution is 2.60. The first-order valence-corrected chi connectivity index (χ1v) is 8.57. The Balaban J connectivity index is 1.85. The Labute approximate surface area is 127 Å². The minimum atomic E-state index is -0.0681. The molecule has 3 aliphatic carbocycles. The predicted octanol–water partition coefficient (Wildman–Crippen LogP) is 3.67. The summed E-state index contributed by atoms with van der Waals surface area (Å²) in [6.45, 7) is 2.16. The zero-order chi connectivity index (χ0) is 15.0. The lowest BCUT2D eigenvalue weighted by molar-refractivity contribution is -0.139. The number of fused-ring (bicyclic) bond motifs is 3. The molecule has 0 N–H and O–H groups in total. The van der Waals surface area contributed by atoms with Gasteiger partial charge in [0, 0.05) is 30.6 Å². The molecule has 114 valence electrons. The molecule has 3 rings (SSSR count). The topological polar surface area (TPSA) is 57.9 Å². The Kier molecular flexibility index (Phi) is 3.90. The number of hydrogen-bond acceptors (Lipinski definition) is 3. The molecule has 0 heterocycles. The molecule has 0 aromatic rings. The molecule has 1 unspecified atom stereocenters. The van der Waals surface area contributed by atoms with E-state index in [9.17, 15) is 9.59 Å². The van der Waals surface area contributed by atoms with E-state index in [0.717, 1.165) is 44.9 Å². The minimum Gasteiger partial charge on any atom is -0.299 e. The molecule has 21 heavy (non-hydrogen) atoms. The van der Waals surface area contributed by atoms with Crippen LogP contribution in [0.5, 0.6) is 0 Å². The fourth-order valence-electron chi connectivity index (χ4n) is 5.78. The van der Waals surface area contributed by atoms with Crippen molar-refractivity contribution in [3.63, 3.8) is 0 Å². The predicted molar refractivity (Wildman–Crippen MR) is 79.2 cm³/mol. The van der Waals surface area contributed by atoms with E-state index in [4.69, 9.17) is 5.26 Å². The second kappa shape index (κ2) is 5.55. The average Bonchev–Trinajstić information content (AvgIpc) is 2.84. The second-order valence-corrected chi connectivity index (χ2v) is 7.25. The standard InChI is InChI=1S/C18H25NO2/c1-2-18-10-9-12-13(15(18)6-8-17(18)21)5-7-16(20)14(12)4-3-11-19/h12-15H,2-10H2,1H3/t12-,13+,14?,15-,18-/m0/s1. The Bertz CT molecular complexity index is 492. The first-order chi connectivity index (χ1) is 10.1. The Morgan fingerprint density at radius 3 is 2.71 bits per heavy atom. The van der Waals surface area contributed by atoms with E-state index in [0.29, 0.717) is 42.2 Å². The van der Waals surface area contributed by atoms with Crippen LogP contribution in [-0.4, -0.2) is 11.6 Å². The number of carbonyl (C=O) groups is 2. The molecular formula is C18H25NO2. The van der Waals surface area contributed by atoms with Gasteiger partial charge in [0.2, 0.25) is 0 Å². The van der Waals surface area contributed by atoms with Crippen LogP contribution in [0.1, 0.15) is 64.7 Å². The van der Waals surface area contributed by atoms with Crippen LogP contribution >= 0.6 is 0 Å². The number of ketones is 2. The average molecular weight is 287 g/mol. The van der Waals surface area contributed by atoms with Gasteiger partial charge in [-0.3, -0.25) is 9.59 Å². The summed E-state index contributed by atoms with van der Waals surface area (Å²) in [7, 11) is 0. The van der Waals surface area contributed by atoms with E-state index in [1.54, 1.807) is 0 Å². The minimum absolute atomic E-state index is 0.0681. The van der Waals surface area contributed by atoms with Crippen LogP contribution in [0.3, 0.4) is 0 Å². The molecule has 0 aliphatic heterocycles. The van der Waals surface area contributed by atoms with E-state index in [-0.39, 0.29) is 11.3 Å². The van der Waals surface area contributed by atoms with Gasteiger partial charge in [-0.2, -0.15) is 5.26 Å². The Morgan fingerprint density at radius 1 is 1.19 bits per heavy atom. The van der Waals surface area contributed by atoms with Crippen LogP contribution in [0.4, 0.5) is 0 Å². The van der Waals surface area contributed by atoms with Gasteiger partial charge in [-0.05, 0) is 56.3 Å². The molecule has 5 atom stereocenters. The molecule has 0 spiro atoms. The summed E-state index contributed by atoms with van der Waals surface area (Å²) in [5.74, 6) is 2.45. The molecule has 0 radical (unpaired) electrons. The third-order valence-corrected chi connectivity index (χ3v) is 6.79. The largest absolute Gasteiger partial charge is 0.299 e. The number of nitriles is 1. The molecule has 0 bridgehead atoms. The maximum atomic E-state index is 12.4. The van der Waals surface area contributed by atoms with Gasteiger partial charge in [-0.25, -0.2) is 0 Å². The number of hydrogen-bond donors (Lipinski definition) is 0. The molecule has 3 heteroatoms. The van der Waals surface area contributed by atoms with E-state index in [1.807, 2.05) is 0 Å². The van der Waals surface area contributed by atoms with Crippen molar-refractivity contribution in [2.24, 2.45) is 29.1 Å². The molecule has 0 aromatic carbocycles. The first-order valence-electron chi connectivity index (χ1n) is 8.57. The van der Waals surface area contributed by atoms with Gasteiger partial charge in [-0.1, -0.05) is 6.92 Å². The maximum absolute atomic E-state index is 12.4. The zero-order valence-corrected chi connectivity index (χ0v) is 12.9. The van der Waals surface area contributed by atoms with Gasteiger partial charge in [0.15, 0.2) is 0 Å². The van der Waals surface area contributed by atoms with Crippen LogP contribution in [-0.2, 0) is 9.59 Å². The van der Waals surface area contributed by atoms with Crippen LogP contribution in [0.25, 0.3) is 0 Å². The van der Waals surface area contributed by atoms with Crippen molar-refractivity contribution in [1.82, 2.24) is 0 Å². The van der Waals surface area contributed by atoms with Crippen molar-refractivity contribution in [2.45, 2.75) is 64.7 Å². The fraction of sp³-hybridized carbons (Fsp3) is 0.833. The number of Topliss-reactive ketones (excluding diaryl/α,β-unsaturated/α-hetero) is 2. The van der Waals surface area contributed by atoms with Gasteiger partial charge in [0.05, 0.1) is 6.07 Å². The third-order valence-electron chi connectivity index (χ3n) is 6.79. The molecule has 3 saturated carbocycles. The Hall–Kier alpha value is -1.17. The maximum Gasteiger partial charge on any atom is 0.139 e. The fourth-order valence-corrected chi connectivity index (χ4v) is 5.78. The normalized spacial score (nSPS) is 42.3. The highest BCUT2D eigenvalue weighted by molar-refractivity contribution is 5.88. The first kappa shape index (κ1) is 14.8. The Morgan fingerprint density at radius 2 is 2.00 bits per heavy atom. The summed E-state index contributed by atoms with van der Waals surface area (Å²) < 4.78 is 0. The smallest absolute Gasteiger partial charge is 0.139 e. The van der Waals surface area contributed by atoms with Crippen molar-refractivity contribution < 1.29 is 9.59 Å². The van der Waals surface area contributed by atoms with Gasteiger partial charge in [0.1, 0.15) is 11.6 Å². The van der Waals surface area contributed by atoms with E-state index >= 15 is 0 Å². The lowest BCUT2D eigenvalue weighted by Crippen LogP contribution is -2.48. The summed E-state index contributed by atoms with van der Waals surface area (Å²) in [5, 5.41) is 8.84. The van der Waals surface area contributed by atoms with Gasteiger partial charge in [0.25, 0.3) is 0 Å². The molecule has 0 saturated heterocycles. The number of carbonyl (C=O) groups excluding carboxylic acids is 2. The lowest BCUT2D eigenvalue weighted by atomic mass is 9.52. The SMILES string of the molecule is CC[C@]12CC[C@@H]3C(CCC#N)C(=O)CC[C@H]3[C@@H]1CCC2=O. The highest BCUT2D eigenvalue weighted by atomic mass is 16.1. The monoisotopic (exact) mass is 287 g/mol. The summed E-state index contributed by atoms with van der Waals surface area (Å²) in [6, 6.07) is 2.20.